The Morgan fingerprint density at radius 2 is 2.32 bits per heavy atom. The zero-order valence-corrected chi connectivity index (χ0v) is 13.5. The van der Waals surface area contributed by atoms with Gasteiger partial charge in [-0.1, -0.05) is 23.7 Å². The van der Waals surface area contributed by atoms with Gasteiger partial charge in [-0.15, -0.1) is 0 Å². The highest BCUT2D eigenvalue weighted by Crippen LogP contribution is 2.36. The summed E-state index contributed by atoms with van der Waals surface area (Å²) in [6.07, 6.45) is 1.38. The molecule has 1 aliphatic rings. The van der Waals surface area contributed by atoms with Crippen molar-refractivity contribution >= 4 is 11.6 Å². The third-order valence-electron chi connectivity index (χ3n) is 4.03. The Bertz CT molecular complexity index is 482. The summed E-state index contributed by atoms with van der Waals surface area (Å²) in [5, 5.41) is 14.4. The Hall–Kier alpha value is -0.720. The van der Waals surface area contributed by atoms with Gasteiger partial charge in [-0.2, -0.15) is 0 Å². The molecular formula is C16H23ClFNO3. The number of halogens is 2. The fraction of sp³-hybridized carbons (Fsp3) is 0.625. The second-order valence-electron chi connectivity index (χ2n) is 5.54. The highest BCUT2D eigenvalue weighted by molar-refractivity contribution is 6.30. The van der Waals surface area contributed by atoms with Crippen molar-refractivity contribution in [2.24, 2.45) is 0 Å². The molecule has 124 valence electrons. The number of unbranched alkanes of at least 4 members (excludes halogenated alkanes) is 1. The summed E-state index contributed by atoms with van der Waals surface area (Å²) in [4.78, 5) is 0. The highest BCUT2D eigenvalue weighted by atomic mass is 35.5. The number of hydrogen-bond acceptors (Lipinski definition) is 4. The predicted octanol–water partition coefficient (Wildman–Crippen LogP) is 2.47. The first-order chi connectivity index (χ1) is 10.6. The Labute approximate surface area is 135 Å². The SMILES string of the molecule is COCCCC[C@@](O)(c1cccc(Cl)c1F)[C@H]1CNCCO1. The van der Waals surface area contributed by atoms with E-state index in [9.17, 15) is 9.50 Å². The predicted molar refractivity (Wildman–Crippen MR) is 83.6 cm³/mol. The van der Waals surface area contributed by atoms with Crippen LogP contribution in [0.3, 0.4) is 0 Å². The molecule has 0 amide bonds. The maximum absolute atomic E-state index is 14.4. The Morgan fingerprint density at radius 1 is 1.50 bits per heavy atom. The summed E-state index contributed by atoms with van der Waals surface area (Å²) in [7, 11) is 1.64. The number of rotatable bonds is 7. The van der Waals surface area contributed by atoms with Crippen LogP contribution >= 0.6 is 11.6 Å². The number of benzene rings is 1. The zero-order valence-electron chi connectivity index (χ0n) is 12.8. The van der Waals surface area contributed by atoms with Gasteiger partial charge in [0, 0.05) is 32.4 Å². The molecule has 1 aliphatic heterocycles. The van der Waals surface area contributed by atoms with Crippen molar-refractivity contribution in [2.45, 2.75) is 31.0 Å². The largest absolute Gasteiger partial charge is 0.385 e. The van der Waals surface area contributed by atoms with Crippen LogP contribution in [0.5, 0.6) is 0 Å². The van der Waals surface area contributed by atoms with Crippen LogP contribution in [0.25, 0.3) is 0 Å². The van der Waals surface area contributed by atoms with Gasteiger partial charge in [0.25, 0.3) is 0 Å². The summed E-state index contributed by atoms with van der Waals surface area (Å²) in [6.45, 7) is 2.31. The maximum Gasteiger partial charge on any atom is 0.147 e. The molecule has 0 saturated carbocycles. The molecule has 1 saturated heterocycles. The van der Waals surface area contributed by atoms with Crippen molar-refractivity contribution in [1.29, 1.82) is 0 Å². The van der Waals surface area contributed by atoms with Crippen LogP contribution in [0.4, 0.5) is 4.39 Å². The zero-order chi connectivity index (χ0) is 16.0. The van der Waals surface area contributed by atoms with Gasteiger partial charge in [-0.3, -0.25) is 0 Å². The van der Waals surface area contributed by atoms with Gasteiger partial charge in [0.05, 0.1) is 11.6 Å². The maximum atomic E-state index is 14.4. The molecule has 0 spiro atoms. The van der Waals surface area contributed by atoms with E-state index in [1.807, 2.05) is 0 Å². The summed E-state index contributed by atoms with van der Waals surface area (Å²) in [5.74, 6) is -0.576. The van der Waals surface area contributed by atoms with E-state index in [1.54, 1.807) is 19.2 Å². The van der Waals surface area contributed by atoms with E-state index in [-0.39, 0.29) is 10.6 Å². The fourth-order valence-corrected chi connectivity index (χ4v) is 2.99. The average Bonchev–Trinajstić information content (AvgIpc) is 2.55. The Morgan fingerprint density at radius 3 is 3.00 bits per heavy atom. The van der Waals surface area contributed by atoms with Crippen LogP contribution in [0, 0.1) is 5.82 Å². The molecule has 0 aliphatic carbocycles. The molecule has 22 heavy (non-hydrogen) atoms. The van der Waals surface area contributed by atoms with Crippen LogP contribution < -0.4 is 5.32 Å². The fourth-order valence-electron chi connectivity index (χ4n) is 2.82. The lowest BCUT2D eigenvalue weighted by atomic mass is 9.82. The van der Waals surface area contributed by atoms with Crippen LogP contribution in [-0.2, 0) is 15.1 Å². The molecule has 2 atom stereocenters. The number of morpholine rings is 1. The van der Waals surface area contributed by atoms with E-state index in [2.05, 4.69) is 5.32 Å². The van der Waals surface area contributed by atoms with Crippen LogP contribution in [0.2, 0.25) is 5.02 Å². The van der Waals surface area contributed by atoms with Crippen molar-refractivity contribution in [3.05, 3.63) is 34.6 Å². The van der Waals surface area contributed by atoms with E-state index in [1.165, 1.54) is 6.07 Å². The van der Waals surface area contributed by atoms with E-state index in [0.29, 0.717) is 32.6 Å². The highest BCUT2D eigenvalue weighted by Gasteiger charge is 2.42. The molecular weight excluding hydrogens is 309 g/mol. The van der Waals surface area contributed by atoms with E-state index < -0.39 is 17.5 Å². The second kappa shape index (κ2) is 8.22. The van der Waals surface area contributed by atoms with Gasteiger partial charge in [0.1, 0.15) is 17.5 Å². The van der Waals surface area contributed by atoms with Crippen LogP contribution in [-0.4, -0.2) is 44.6 Å². The van der Waals surface area contributed by atoms with E-state index in [4.69, 9.17) is 21.1 Å². The summed E-state index contributed by atoms with van der Waals surface area (Å²) < 4.78 is 25.2. The first-order valence-corrected chi connectivity index (χ1v) is 7.95. The van der Waals surface area contributed by atoms with Crippen molar-refractivity contribution in [1.82, 2.24) is 5.32 Å². The van der Waals surface area contributed by atoms with Crippen LogP contribution in [0.15, 0.2) is 18.2 Å². The number of methoxy groups -OCH3 is 1. The number of hydrogen-bond donors (Lipinski definition) is 2. The molecule has 0 radical (unpaired) electrons. The minimum Gasteiger partial charge on any atom is -0.385 e. The van der Waals surface area contributed by atoms with Crippen LogP contribution in [0.1, 0.15) is 24.8 Å². The van der Waals surface area contributed by atoms with Gasteiger partial charge < -0.3 is 19.9 Å². The minimum absolute atomic E-state index is 0.0107. The van der Waals surface area contributed by atoms with Gasteiger partial charge >= 0.3 is 0 Å². The molecule has 0 bridgehead atoms. The molecule has 1 heterocycles. The first kappa shape index (κ1) is 17.6. The lowest BCUT2D eigenvalue weighted by Gasteiger charge is -2.39. The molecule has 0 unspecified atom stereocenters. The Balaban J connectivity index is 2.25. The quantitative estimate of drug-likeness (QED) is 0.754. The number of aliphatic hydroxyl groups is 1. The van der Waals surface area contributed by atoms with Gasteiger partial charge in [0.15, 0.2) is 0 Å². The summed E-state index contributed by atoms with van der Waals surface area (Å²) >= 11 is 5.88. The van der Waals surface area contributed by atoms with Crippen molar-refractivity contribution < 1.29 is 19.0 Å². The van der Waals surface area contributed by atoms with Gasteiger partial charge in [-0.25, -0.2) is 4.39 Å². The smallest absolute Gasteiger partial charge is 0.147 e. The molecule has 6 heteroatoms. The summed E-state index contributed by atoms with van der Waals surface area (Å²) in [5.41, 5.74) is -1.21. The van der Waals surface area contributed by atoms with E-state index in [0.717, 1.165) is 13.0 Å². The third-order valence-corrected chi connectivity index (χ3v) is 4.33. The summed E-state index contributed by atoms with van der Waals surface area (Å²) in [6, 6.07) is 4.71. The normalized spacial score (nSPS) is 21.5. The average molecular weight is 332 g/mol. The van der Waals surface area contributed by atoms with Crippen molar-refractivity contribution in [2.75, 3.05) is 33.4 Å². The minimum atomic E-state index is -1.41. The second-order valence-corrected chi connectivity index (χ2v) is 5.95. The number of nitrogens with one attached hydrogen (secondary N) is 1. The standard InChI is InChI=1S/C16H23ClFNO3/c1-21-9-3-2-7-16(20,14-11-19-8-10-22-14)12-5-4-6-13(17)15(12)18/h4-6,14,19-20H,2-3,7-11H2,1H3/t14-,16-/m1/s1. The molecule has 2 N–H and O–H groups in total. The lowest BCUT2D eigenvalue weighted by Crippen LogP contribution is -2.51. The third kappa shape index (κ3) is 3.97. The molecule has 2 rings (SSSR count). The van der Waals surface area contributed by atoms with Gasteiger partial charge in [0.2, 0.25) is 0 Å². The molecule has 1 aromatic rings. The van der Waals surface area contributed by atoms with Crippen molar-refractivity contribution in [3.8, 4) is 0 Å². The van der Waals surface area contributed by atoms with E-state index >= 15 is 0 Å². The molecule has 1 aromatic carbocycles. The molecule has 1 fully saturated rings. The molecule has 0 aromatic heterocycles. The molecule has 4 nitrogen and oxygen atoms in total. The van der Waals surface area contributed by atoms with Gasteiger partial charge in [-0.05, 0) is 25.3 Å². The topological polar surface area (TPSA) is 50.7 Å². The van der Waals surface area contributed by atoms with Crippen molar-refractivity contribution in [3.63, 3.8) is 0 Å². The Kier molecular flexibility index (Phi) is 6.59. The monoisotopic (exact) mass is 331 g/mol. The lowest BCUT2D eigenvalue weighted by molar-refractivity contribution is -0.131. The first-order valence-electron chi connectivity index (χ1n) is 7.57. The number of ether oxygens (including phenoxy) is 2.